The third kappa shape index (κ3) is 2.50. The van der Waals surface area contributed by atoms with Gasteiger partial charge in [-0.3, -0.25) is 4.90 Å². The second-order valence-electron chi connectivity index (χ2n) is 4.44. The second-order valence-corrected chi connectivity index (χ2v) is 4.44. The fourth-order valence-electron chi connectivity index (χ4n) is 2.34. The van der Waals surface area contributed by atoms with Gasteiger partial charge in [0.2, 0.25) is 0 Å². The zero-order valence-electron chi connectivity index (χ0n) is 9.80. The molecule has 1 atom stereocenters. The fourth-order valence-corrected chi connectivity index (χ4v) is 2.34. The highest BCUT2D eigenvalue weighted by atomic mass is 16.1. The lowest BCUT2D eigenvalue weighted by molar-refractivity contribution is -0.112. The number of rotatable bonds is 4. The summed E-state index contributed by atoms with van der Waals surface area (Å²) in [5.74, 6) is 0.228. The minimum absolute atomic E-state index is 0.228. The Balaban J connectivity index is 1.96. The number of aldehydes is 1. The molecule has 1 saturated heterocycles. The minimum atomic E-state index is 0.228. The van der Waals surface area contributed by atoms with Gasteiger partial charge in [-0.25, -0.2) is 4.98 Å². The number of carbonyl (C=O) groups excluding carboxylic acids is 1. The lowest BCUT2D eigenvalue weighted by atomic mass is 10.00. The van der Waals surface area contributed by atoms with E-state index in [4.69, 9.17) is 0 Å². The summed E-state index contributed by atoms with van der Waals surface area (Å²) in [5, 5.41) is 0. The van der Waals surface area contributed by atoms with Gasteiger partial charge in [0.05, 0.1) is 12.0 Å². The van der Waals surface area contributed by atoms with E-state index in [1.807, 2.05) is 12.5 Å². The molecule has 0 bridgehead atoms. The van der Waals surface area contributed by atoms with Crippen molar-refractivity contribution in [3.8, 4) is 0 Å². The Morgan fingerprint density at radius 1 is 1.62 bits per heavy atom. The molecule has 0 spiro atoms. The summed E-state index contributed by atoms with van der Waals surface area (Å²) in [7, 11) is 0. The molecule has 0 radical (unpaired) electrons. The van der Waals surface area contributed by atoms with Crippen molar-refractivity contribution in [2.75, 3.05) is 13.1 Å². The van der Waals surface area contributed by atoms with Crippen LogP contribution < -0.4 is 0 Å². The number of imidazole rings is 1. The van der Waals surface area contributed by atoms with E-state index < -0.39 is 0 Å². The smallest absolute Gasteiger partial charge is 0.124 e. The Kier molecular flexibility index (Phi) is 3.72. The van der Waals surface area contributed by atoms with E-state index in [1.54, 1.807) is 0 Å². The van der Waals surface area contributed by atoms with Gasteiger partial charge >= 0.3 is 0 Å². The van der Waals surface area contributed by atoms with Crippen LogP contribution >= 0.6 is 0 Å². The first-order valence-corrected chi connectivity index (χ1v) is 6.00. The van der Waals surface area contributed by atoms with Crippen LogP contribution in [0.25, 0.3) is 0 Å². The molecule has 4 heteroatoms. The molecule has 0 amide bonds. The first-order chi connectivity index (χ1) is 7.83. The molecule has 0 aliphatic carbocycles. The largest absolute Gasteiger partial charge is 0.334 e. The molecule has 1 aliphatic rings. The SMILES string of the molecule is CCn1cncc1CN1CCCC(C=O)C1. The van der Waals surface area contributed by atoms with E-state index in [-0.39, 0.29) is 5.92 Å². The van der Waals surface area contributed by atoms with Crippen molar-refractivity contribution in [2.45, 2.75) is 32.9 Å². The zero-order valence-corrected chi connectivity index (χ0v) is 9.80. The van der Waals surface area contributed by atoms with Gasteiger partial charge in [0, 0.05) is 31.7 Å². The van der Waals surface area contributed by atoms with Crippen molar-refractivity contribution in [3.05, 3.63) is 18.2 Å². The summed E-state index contributed by atoms with van der Waals surface area (Å²) in [6.45, 7) is 5.99. The van der Waals surface area contributed by atoms with Gasteiger partial charge in [-0.2, -0.15) is 0 Å². The second kappa shape index (κ2) is 5.25. The number of carbonyl (C=O) groups is 1. The fraction of sp³-hybridized carbons (Fsp3) is 0.667. The van der Waals surface area contributed by atoms with Crippen molar-refractivity contribution < 1.29 is 4.79 Å². The van der Waals surface area contributed by atoms with E-state index >= 15 is 0 Å². The van der Waals surface area contributed by atoms with E-state index in [0.717, 1.165) is 45.3 Å². The summed E-state index contributed by atoms with van der Waals surface area (Å²) in [5.41, 5.74) is 1.24. The highest BCUT2D eigenvalue weighted by Gasteiger charge is 2.19. The molecule has 0 aromatic carbocycles. The molecule has 2 heterocycles. The third-order valence-corrected chi connectivity index (χ3v) is 3.26. The Morgan fingerprint density at radius 3 is 3.25 bits per heavy atom. The molecule has 1 aliphatic heterocycles. The molecule has 88 valence electrons. The molecule has 1 unspecified atom stereocenters. The van der Waals surface area contributed by atoms with Crippen molar-refractivity contribution in [3.63, 3.8) is 0 Å². The van der Waals surface area contributed by atoms with E-state index in [0.29, 0.717) is 0 Å². The molecule has 16 heavy (non-hydrogen) atoms. The number of hydrogen-bond acceptors (Lipinski definition) is 3. The quantitative estimate of drug-likeness (QED) is 0.720. The van der Waals surface area contributed by atoms with Crippen LogP contribution in [0.1, 0.15) is 25.5 Å². The third-order valence-electron chi connectivity index (χ3n) is 3.26. The molecule has 1 fully saturated rings. The topological polar surface area (TPSA) is 38.1 Å². The Labute approximate surface area is 96.3 Å². The van der Waals surface area contributed by atoms with E-state index in [9.17, 15) is 4.79 Å². The lowest BCUT2D eigenvalue weighted by Crippen LogP contribution is -2.35. The predicted molar refractivity (Wildman–Crippen MR) is 62.0 cm³/mol. The standard InChI is InChI=1S/C12H19N3O/c1-2-15-10-13-6-12(15)8-14-5-3-4-11(7-14)9-16/h6,9-11H,2-5,7-8H2,1H3. The van der Waals surface area contributed by atoms with Crippen molar-refractivity contribution in [1.29, 1.82) is 0 Å². The minimum Gasteiger partial charge on any atom is -0.334 e. The monoisotopic (exact) mass is 221 g/mol. The van der Waals surface area contributed by atoms with Gasteiger partial charge in [-0.15, -0.1) is 0 Å². The van der Waals surface area contributed by atoms with Gasteiger partial charge in [-0.05, 0) is 26.3 Å². The lowest BCUT2D eigenvalue weighted by Gasteiger charge is -2.30. The van der Waals surface area contributed by atoms with Gasteiger partial charge in [0.1, 0.15) is 6.29 Å². The van der Waals surface area contributed by atoms with Crippen molar-refractivity contribution in [2.24, 2.45) is 5.92 Å². The van der Waals surface area contributed by atoms with Crippen molar-refractivity contribution in [1.82, 2.24) is 14.5 Å². The number of aromatic nitrogens is 2. The highest BCUT2D eigenvalue weighted by Crippen LogP contribution is 2.16. The number of piperidine rings is 1. The maximum atomic E-state index is 10.8. The van der Waals surface area contributed by atoms with Crippen LogP contribution in [0.2, 0.25) is 0 Å². The van der Waals surface area contributed by atoms with Crippen LogP contribution in [0, 0.1) is 5.92 Å². The Bertz CT molecular complexity index is 348. The van der Waals surface area contributed by atoms with Gasteiger partial charge < -0.3 is 9.36 Å². The number of hydrogen-bond donors (Lipinski definition) is 0. The summed E-state index contributed by atoms with van der Waals surface area (Å²) < 4.78 is 2.16. The van der Waals surface area contributed by atoms with Crippen LogP contribution in [-0.2, 0) is 17.9 Å². The van der Waals surface area contributed by atoms with E-state index in [1.165, 1.54) is 5.69 Å². The van der Waals surface area contributed by atoms with Crippen LogP contribution in [-0.4, -0.2) is 33.8 Å². The molecular weight excluding hydrogens is 202 g/mol. The normalized spacial score (nSPS) is 22.2. The Morgan fingerprint density at radius 2 is 2.50 bits per heavy atom. The number of nitrogens with zero attached hydrogens (tertiary/aromatic N) is 3. The van der Waals surface area contributed by atoms with Crippen LogP contribution in [0.5, 0.6) is 0 Å². The molecule has 0 saturated carbocycles. The maximum Gasteiger partial charge on any atom is 0.124 e. The summed E-state index contributed by atoms with van der Waals surface area (Å²) in [6.07, 6.45) is 7.07. The first-order valence-electron chi connectivity index (χ1n) is 6.00. The molecule has 1 aromatic rings. The van der Waals surface area contributed by atoms with Gasteiger partial charge in [-0.1, -0.05) is 0 Å². The molecular formula is C12H19N3O. The average Bonchev–Trinajstić information content (AvgIpc) is 2.76. The molecule has 2 rings (SSSR count). The first kappa shape index (κ1) is 11.3. The summed E-state index contributed by atoms with van der Waals surface area (Å²) in [4.78, 5) is 17.3. The number of aryl methyl sites for hydroxylation is 1. The number of likely N-dealkylation sites (tertiary alicyclic amines) is 1. The predicted octanol–water partition coefficient (Wildman–Crippen LogP) is 1.31. The van der Waals surface area contributed by atoms with Crippen LogP contribution in [0.15, 0.2) is 12.5 Å². The maximum absolute atomic E-state index is 10.8. The van der Waals surface area contributed by atoms with Crippen LogP contribution in [0.4, 0.5) is 0 Å². The molecule has 4 nitrogen and oxygen atoms in total. The van der Waals surface area contributed by atoms with Crippen molar-refractivity contribution >= 4 is 6.29 Å². The summed E-state index contributed by atoms with van der Waals surface area (Å²) in [6, 6.07) is 0. The summed E-state index contributed by atoms with van der Waals surface area (Å²) >= 11 is 0. The molecule has 1 aromatic heterocycles. The Hall–Kier alpha value is -1.16. The van der Waals surface area contributed by atoms with Gasteiger partial charge in [0.25, 0.3) is 0 Å². The zero-order chi connectivity index (χ0) is 11.4. The van der Waals surface area contributed by atoms with E-state index in [2.05, 4.69) is 21.4 Å². The average molecular weight is 221 g/mol. The van der Waals surface area contributed by atoms with Crippen LogP contribution in [0.3, 0.4) is 0 Å². The molecule has 0 N–H and O–H groups in total. The van der Waals surface area contributed by atoms with Gasteiger partial charge in [0.15, 0.2) is 0 Å². The highest BCUT2D eigenvalue weighted by molar-refractivity contribution is 5.53.